The first-order valence-corrected chi connectivity index (χ1v) is 14.4. The maximum absolute atomic E-state index is 2.53. The van der Waals surface area contributed by atoms with Crippen molar-refractivity contribution in [1.29, 1.82) is 0 Å². The largest absolute Gasteiger partial charge is 0.0695 e. The molecule has 0 unspecified atom stereocenters. The Morgan fingerprint density at radius 2 is 1.52 bits per heavy atom. The molecule has 0 saturated heterocycles. The summed E-state index contributed by atoms with van der Waals surface area (Å²) < 4.78 is 0. The Morgan fingerprint density at radius 1 is 0.870 bits per heavy atom. The predicted octanol–water partition coefficient (Wildman–Crippen LogP) is 7.82. The van der Waals surface area contributed by atoms with Gasteiger partial charge < -0.3 is 0 Å². The van der Waals surface area contributed by atoms with Crippen LogP contribution >= 0.6 is 0 Å². The summed E-state index contributed by atoms with van der Waals surface area (Å²) in [7, 11) is -0.822. The lowest BCUT2D eigenvalue weighted by Crippen LogP contribution is -2.25. The average molecular weight is 335 g/mol. The third kappa shape index (κ3) is 7.32. The highest BCUT2D eigenvalue weighted by molar-refractivity contribution is 6.76. The predicted molar refractivity (Wildman–Crippen MR) is 107 cm³/mol. The summed E-state index contributed by atoms with van der Waals surface area (Å²) in [5.74, 6) is 5.94. The van der Waals surface area contributed by atoms with Crippen molar-refractivity contribution in [3.63, 3.8) is 0 Å². The Bertz CT molecular complexity index is 300. The van der Waals surface area contributed by atoms with Crippen LogP contribution < -0.4 is 0 Å². The normalized spacial score (nSPS) is 23.5. The molecule has 0 aromatic heterocycles. The summed E-state index contributed by atoms with van der Waals surface area (Å²) in [6.07, 6.45) is 19.1. The van der Waals surface area contributed by atoms with Crippen LogP contribution in [-0.4, -0.2) is 8.07 Å². The third-order valence-electron chi connectivity index (χ3n) is 6.45. The molecule has 0 atom stereocenters. The molecule has 2 radical (unpaired) electrons. The van der Waals surface area contributed by atoms with Gasteiger partial charge >= 0.3 is 0 Å². The second-order valence-corrected chi connectivity index (χ2v) is 15.3. The van der Waals surface area contributed by atoms with Crippen molar-refractivity contribution in [2.75, 3.05) is 0 Å². The molecule has 2 fully saturated rings. The minimum Gasteiger partial charge on any atom is -0.0695 e. The molecule has 0 N–H and O–H groups in total. The first-order valence-electron chi connectivity index (χ1n) is 10.7. The van der Waals surface area contributed by atoms with Gasteiger partial charge in [-0.3, -0.25) is 0 Å². The van der Waals surface area contributed by atoms with Crippen molar-refractivity contribution in [3.8, 4) is 0 Å². The van der Waals surface area contributed by atoms with E-state index < -0.39 is 8.07 Å². The van der Waals surface area contributed by atoms with Crippen molar-refractivity contribution in [2.24, 2.45) is 11.8 Å². The van der Waals surface area contributed by atoms with E-state index in [1.807, 2.05) is 11.8 Å². The van der Waals surface area contributed by atoms with Crippen LogP contribution in [0.1, 0.15) is 90.4 Å². The van der Waals surface area contributed by atoms with Crippen molar-refractivity contribution < 1.29 is 0 Å². The van der Waals surface area contributed by atoms with Gasteiger partial charge in [-0.05, 0) is 81.5 Å². The van der Waals surface area contributed by atoms with E-state index in [1.54, 1.807) is 6.04 Å². The molecule has 23 heavy (non-hydrogen) atoms. The Labute approximate surface area is 148 Å². The summed E-state index contributed by atoms with van der Waals surface area (Å²) in [4.78, 5) is 0. The molecule has 2 aliphatic carbocycles. The molecule has 0 heterocycles. The van der Waals surface area contributed by atoms with E-state index in [4.69, 9.17) is 0 Å². The van der Waals surface area contributed by atoms with Crippen LogP contribution in [0.5, 0.6) is 0 Å². The Kier molecular flexibility index (Phi) is 8.19. The van der Waals surface area contributed by atoms with Gasteiger partial charge in [0.2, 0.25) is 0 Å². The summed E-state index contributed by atoms with van der Waals surface area (Å²) in [6.45, 7) is 9.91. The van der Waals surface area contributed by atoms with Crippen LogP contribution in [0.2, 0.25) is 25.7 Å². The Morgan fingerprint density at radius 3 is 2.09 bits per heavy atom. The van der Waals surface area contributed by atoms with Crippen molar-refractivity contribution >= 4 is 8.07 Å². The van der Waals surface area contributed by atoms with Gasteiger partial charge in [0.05, 0.1) is 0 Å². The Hall–Kier alpha value is 0.217. The van der Waals surface area contributed by atoms with Gasteiger partial charge in [-0.2, -0.15) is 0 Å². The van der Waals surface area contributed by atoms with Crippen molar-refractivity contribution in [1.82, 2.24) is 0 Å². The molecule has 0 bridgehead atoms. The molecule has 0 nitrogen and oxygen atoms in total. The summed E-state index contributed by atoms with van der Waals surface area (Å²) >= 11 is 0. The number of hydrogen-bond acceptors (Lipinski definition) is 0. The second-order valence-electron chi connectivity index (χ2n) is 9.68. The van der Waals surface area contributed by atoms with Gasteiger partial charge in [0.15, 0.2) is 0 Å². The smallest absolute Gasteiger partial charge is 0.0442 e. The molecular weight excluding hydrogens is 292 g/mol. The molecule has 0 aromatic carbocycles. The van der Waals surface area contributed by atoms with E-state index >= 15 is 0 Å². The maximum atomic E-state index is 2.53. The number of unbranched alkanes of at least 4 members (excludes halogenated alkanes) is 2. The van der Waals surface area contributed by atoms with E-state index in [0.29, 0.717) is 0 Å². The van der Waals surface area contributed by atoms with Gasteiger partial charge in [-0.25, -0.2) is 0 Å². The molecule has 2 aliphatic rings. The maximum Gasteiger partial charge on any atom is 0.0442 e. The summed E-state index contributed by atoms with van der Waals surface area (Å²) in [5, 5.41) is 0. The fourth-order valence-electron chi connectivity index (χ4n) is 4.69. The van der Waals surface area contributed by atoms with Gasteiger partial charge in [0, 0.05) is 8.07 Å². The zero-order chi connectivity index (χ0) is 16.7. The van der Waals surface area contributed by atoms with Gasteiger partial charge in [0.25, 0.3) is 0 Å². The molecular formula is C22H42Si. The molecule has 0 amide bonds. The van der Waals surface area contributed by atoms with Crippen molar-refractivity contribution in [3.05, 3.63) is 11.8 Å². The van der Waals surface area contributed by atoms with Gasteiger partial charge in [0.1, 0.15) is 0 Å². The highest BCUT2D eigenvalue weighted by Crippen LogP contribution is 2.45. The lowest BCUT2D eigenvalue weighted by Gasteiger charge is -2.37. The van der Waals surface area contributed by atoms with E-state index in [1.165, 1.54) is 83.5 Å². The van der Waals surface area contributed by atoms with Crippen LogP contribution in [-0.2, 0) is 0 Å². The lowest BCUT2D eigenvalue weighted by atomic mass is 9.68. The van der Waals surface area contributed by atoms with Crippen LogP contribution in [0.25, 0.3) is 0 Å². The van der Waals surface area contributed by atoms with Gasteiger partial charge in [-0.1, -0.05) is 58.3 Å². The van der Waals surface area contributed by atoms with E-state index in [0.717, 1.165) is 11.8 Å². The first kappa shape index (κ1) is 19.5. The quantitative estimate of drug-likeness (QED) is 0.313. The minimum atomic E-state index is -0.822. The van der Waals surface area contributed by atoms with E-state index in [-0.39, 0.29) is 0 Å². The average Bonchev–Trinajstić information content (AvgIpc) is 2.54. The molecule has 134 valence electrons. The Balaban J connectivity index is 1.61. The zero-order valence-corrected chi connectivity index (χ0v) is 17.6. The first-order chi connectivity index (χ1) is 11.0. The van der Waals surface area contributed by atoms with Crippen LogP contribution in [0, 0.1) is 23.7 Å². The molecule has 0 aromatic rings. The van der Waals surface area contributed by atoms with Crippen LogP contribution in [0.3, 0.4) is 0 Å². The molecule has 2 saturated carbocycles. The second kappa shape index (κ2) is 9.64. The fourth-order valence-corrected chi connectivity index (χ4v) is 5.97. The van der Waals surface area contributed by atoms with E-state index in [2.05, 4.69) is 26.6 Å². The molecule has 1 heteroatoms. The standard InChI is InChI=1S/C22H42Si/c1-5-6-7-8-19-9-13-21(14-10-19)22-15-11-20(12-16-22)17-18-23(2,3)4/h20-21H,5-18H2,1-4H3. The topological polar surface area (TPSA) is 0 Å². The van der Waals surface area contributed by atoms with Gasteiger partial charge in [-0.15, -0.1) is 0 Å². The zero-order valence-electron chi connectivity index (χ0n) is 16.6. The summed E-state index contributed by atoms with van der Waals surface area (Å²) in [5.41, 5.74) is 0. The molecule has 0 spiro atoms. The van der Waals surface area contributed by atoms with E-state index in [9.17, 15) is 0 Å². The third-order valence-corrected chi connectivity index (χ3v) is 8.24. The number of hydrogen-bond donors (Lipinski definition) is 0. The highest BCUT2D eigenvalue weighted by Gasteiger charge is 2.31. The van der Waals surface area contributed by atoms with Crippen molar-refractivity contribution in [2.45, 2.75) is 116 Å². The summed E-state index contributed by atoms with van der Waals surface area (Å²) in [6, 6.07) is 1.55. The van der Waals surface area contributed by atoms with Crippen LogP contribution in [0.15, 0.2) is 0 Å². The molecule has 2 rings (SSSR count). The molecule has 0 aliphatic heterocycles. The monoisotopic (exact) mass is 334 g/mol. The lowest BCUT2D eigenvalue weighted by molar-refractivity contribution is 0.286. The minimum absolute atomic E-state index is 0.822. The van der Waals surface area contributed by atoms with Crippen LogP contribution in [0.4, 0.5) is 0 Å². The SMILES string of the molecule is CCCCC[C]1CCC([C]2CCC(CC[Si](C)(C)C)CC2)CC1. The number of rotatable bonds is 8. The highest BCUT2D eigenvalue weighted by atomic mass is 28.3. The fraction of sp³-hybridized carbons (Fsp3) is 0.909.